The second kappa shape index (κ2) is 15.5. The van der Waals surface area contributed by atoms with Gasteiger partial charge in [-0.25, -0.2) is 9.59 Å². The Morgan fingerprint density at radius 3 is 1.81 bits per heavy atom. The van der Waals surface area contributed by atoms with Crippen LogP contribution in [-0.2, 0) is 19.1 Å². The fourth-order valence-electron chi connectivity index (χ4n) is 3.48. The van der Waals surface area contributed by atoms with Gasteiger partial charge in [-0.2, -0.15) is 0 Å². The molecule has 1 aromatic carbocycles. The van der Waals surface area contributed by atoms with Gasteiger partial charge in [-0.3, -0.25) is 0 Å². The summed E-state index contributed by atoms with van der Waals surface area (Å²) in [4.78, 5) is 25.8. The molecular weight excluding hydrogens is 404 g/mol. The van der Waals surface area contributed by atoms with Crippen molar-refractivity contribution in [3.63, 3.8) is 0 Å². The minimum absolute atomic E-state index is 0.106. The number of rotatable bonds is 15. The number of hydrogen-bond donors (Lipinski definition) is 1. The first-order valence-electron chi connectivity index (χ1n) is 12.2. The second-order valence-electron chi connectivity index (χ2n) is 8.63. The second-order valence-corrected chi connectivity index (χ2v) is 8.63. The van der Waals surface area contributed by atoms with Gasteiger partial charge in [0.05, 0.1) is 13.2 Å². The zero-order chi connectivity index (χ0) is 23.9. The fraction of sp³-hybridized carbons (Fsp3) is 0.630. The zero-order valence-electron chi connectivity index (χ0n) is 20.6. The van der Waals surface area contributed by atoms with Crippen molar-refractivity contribution < 1.29 is 24.2 Å². The molecule has 2 unspecified atom stereocenters. The molecule has 1 rings (SSSR count). The summed E-state index contributed by atoms with van der Waals surface area (Å²) in [6, 6.07) is 4.93. The average Bonchev–Trinajstić information content (AvgIpc) is 2.79. The van der Waals surface area contributed by atoms with Gasteiger partial charge in [0.1, 0.15) is 11.3 Å². The molecule has 0 spiro atoms. The lowest BCUT2D eigenvalue weighted by Gasteiger charge is -2.17. The highest BCUT2D eigenvalue weighted by Crippen LogP contribution is 2.21. The SMILES string of the molecule is CCCCC(CC)COC(=O)C(=Cc1ccc(O)c(C)c1)C(=O)OCC(CC)CCCC. The molecule has 0 radical (unpaired) electrons. The average molecular weight is 447 g/mol. The number of benzene rings is 1. The number of carbonyl (C=O) groups excluding carboxylic acids is 2. The summed E-state index contributed by atoms with van der Waals surface area (Å²) in [7, 11) is 0. The van der Waals surface area contributed by atoms with Crippen LogP contribution in [0.4, 0.5) is 0 Å². The van der Waals surface area contributed by atoms with Crippen LogP contribution in [0.2, 0.25) is 0 Å². The number of unbranched alkanes of at least 4 members (excludes halogenated alkanes) is 2. The van der Waals surface area contributed by atoms with Gasteiger partial charge >= 0.3 is 11.9 Å². The summed E-state index contributed by atoms with van der Waals surface area (Å²) in [6.07, 6.45) is 9.70. The van der Waals surface area contributed by atoms with E-state index in [1.54, 1.807) is 25.1 Å². The molecule has 2 atom stereocenters. The molecule has 0 fully saturated rings. The van der Waals surface area contributed by atoms with Gasteiger partial charge in [-0.1, -0.05) is 72.3 Å². The van der Waals surface area contributed by atoms with Crippen LogP contribution >= 0.6 is 0 Å². The maximum absolute atomic E-state index is 12.9. The van der Waals surface area contributed by atoms with Crippen molar-refractivity contribution in [1.82, 2.24) is 0 Å². The fourth-order valence-corrected chi connectivity index (χ4v) is 3.48. The van der Waals surface area contributed by atoms with E-state index in [0.29, 0.717) is 24.3 Å². The van der Waals surface area contributed by atoms with Crippen molar-refractivity contribution in [2.45, 2.75) is 86.0 Å². The standard InChI is InChI=1S/C27H42O5/c1-6-10-12-21(8-3)18-31-26(29)24(17-23-14-15-25(28)20(5)16-23)27(30)32-19-22(9-4)13-11-7-2/h14-17,21-22,28H,6-13,18-19H2,1-5H3. The van der Waals surface area contributed by atoms with Crippen molar-refractivity contribution in [2.24, 2.45) is 11.8 Å². The molecule has 0 aromatic heterocycles. The highest BCUT2D eigenvalue weighted by Gasteiger charge is 2.24. The molecule has 0 saturated carbocycles. The molecule has 180 valence electrons. The summed E-state index contributed by atoms with van der Waals surface area (Å²) < 4.78 is 11.1. The minimum atomic E-state index is -0.655. The predicted octanol–water partition coefficient (Wildman–Crippen LogP) is 6.60. The first-order chi connectivity index (χ1) is 15.4. The largest absolute Gasteiger partial charge is 0.508 e. The van der Waals surface area contributed by atoms with Crippen LogP contribution in [0.3, 0.4) is 0 Å². The number of ether oxygens (including phenoxy) is 2. The van der Waals surface area contributed by atoms with Crippen LogP contribution in [0.5, 0.6) is 5.75 Å². The molecule has 0 bridgehead atoms. The maximum atomic E-state index is 12.9. The Morgan fingerprint density at radius 2 is 1.41 bits per heavy atom. The van der Waals surface area contributed by atoms with Crippen LogP contribution < -0.4 is 0 Å². The highest BCUT2D eigenvalue weighted by atomic mass is 16.6. The van der Waals surface area contributed by atoms with Crippen molar-refractivity contribution in [2.75, 3.05) is 13.2 Å². The summed E-state index contributed by atoms with van der Waals surface area (Å²) in [6.45, 7) is 10.8. The number of aromatic hydroxyl groups is 1. The van der Waals surface area contributed by atoms with Crippen molar-refractivity contribution in [3.8, 4) is 5.75 Å². The third-order valence-corrected chi connectivity index (χ3v) is 5.96. The Balaban J connectivity index is 2.99. The topological polar surface area (TPSA) is 72.8 Å². The van der Waals surface area contributed by atoms with Crippen LogP contribution in [0.25, 0.3) is 6.08 Å². The highest BCUT2D eigenvalue weighted by molar-refractivity contribution is 6.17. The van der Waals surface area contributed by atoms with E-state index in [9.17, 15) is 14.7 Å². The first-order valence-corrected chi connectivity index (χ1v) is 12.2. The van der Waals surface area contributed by atoms with Gasteiger partial charge in [-0.15, -0.1) is 0 Å². The van der Waals surface area contributed by atoms with E-state index >= 15 is 0 Å². The number of phenols is 1. The molecule has 0 heterocycles. The summed E-state index contributed by atoms with van der Waals surface area (Å²) in [5.74, 6) is -0.581. The van der Waals surface area contributed by atoms with Crippen LogP contribution in [0.1, 0.15) is 90.2 Å². The lowest BCUT2D eigenvalue weighted by molar-refractivity contribution is -0.148. The van der Waals surface area contributed by atoms with E-state index < -0.39 is 11.9 Å². The van der Waals surface area contributed by atoms with Gasteiger partial charge in [0.15, 0.2) is 0 Å². The van der Waals surface area contributed by atoms with Crippen LogP contribution in [0.15, 0.2) is 23.8 Å². The van der Waals surface area contributed by atoms with Gasteiger partial charge < -0.3 is 14.6 Å². The Kier molecular flexibility index (Phi) is 13.4. The van der Waals surface area contributed by atoms with Gasteiger partial charge in [0.2, 0.25) is 0 Å². The Morgan fingerprint density at radius 1 is 0.906 bits per heavy atom. The molecule has 32 heavy (non-hydrogen) atoms. The van der Waals surface area contributed by atoms with E-state index in [1.807, 2.05) is 0 Å². The van der Waals surface area contributed by atoms with Gasteiger partial charge in [0.25, 0.3) is 0 Å². The molecule has 5 nitrogen and oxygen atoms in total. The number of aryl methyl sites for hydroxylation is 1. The molecule has 0 aliphatic heterocycles. The molecule has 1 aromatic rings. The quantitative estimate of drug-likeness (QED) is 0.142. The monoisotopic (exact) mass is 446 g/mol. The molecule has 0 aliphatic rings. The third kappa shape index (κ3) is 9.88. The van der Waals surface area contributed by atoms with Gasteiger partial charge in [-0.05, 0) is 60.9 Å². The third-order valence-electron chi connectivity index (χ3n) is 5.96. The molecule has 5 heteroatoms. The summed E-state index contributed by atoms with van der Waals surface area (Å²) in [5.41, 5.74) is 1.20. The van der Waals surface area contributed by atoms with E-state index in [1.165, 1.54) is 6.08 Å². The predicted molar refractivity (Wildman–Crippen MR) is 129 cm³/mol. The van der Waals surface area contributed by atoms with Crippen molar-refractivity contribution in [3.05, 3.63) is 34.9 Å². The Labute approximate surface area is 194 Å². The van der Waals surface area contributed by atoms with E-state index in [2.05, 4.69) is 27.7 Å². The number of hydrogen-bond acceptors (Lipinski definition) is 5. The van der Waals surface area contributed by atoms with E-state index in [-0.39, 0.29) is 23.2 Å². The van der Waals surface area contributed by atoms with Crippen LogP contribution in [-0.4, -0.2) is 30.3 Å². The van der Waals surface area contributed by atoms with Crippen molar-refractivity contribution in [1.29, 1.82) is 0 Å². The number of carbonyl (C=O) groups is 2. The van der Waals surface area contributed by atoms with Crippen LogP contribution in [0, 0.1) is 18.8 Å². The normalized spacial score (nSPS) is 12.7. The Hall–Kier alpha value is -2.30. The lowest BCUT2D eigenvalue weighted by atomic mass is 10.0. The molecule has 0 aliphatic carbocycles. The lowest BCUT2D eigenvalue weighted by Crippen LogP contribution is -2.23. The smallest absolute Gasteiger partial charge is 0.345 e. The van der Waals surface area contributed by atoms with E-state index in [0.717, 1.165) is 51.4 Å². The molecule has 0 saturated heterocycles. The Bertz CT molecular complexity index is 704. The zero-order valence-corrected chi connectivity index (χ0v) is 20.6. The van der Waals surface area contributed by atoms with Crippen molar-refractivity contribution >= 4 is 18.0 Å². The van der Waals surface area contributed by atoms with E-state index in [4.69, 9.17) is 9.47 Å². The maximum Gasteiger partial charge on any atom is 0.345 e. The molecular formula is C27H42O5. The minimum Gasteiger partial charge on any atom is -0.508 e. The number of phenolic OH excluding ortho intramolecular Hbond substituents is 1. The first kappa shape index (κ1) is 27.7. The van der Waals surface area contributed by atoms with Gasteiger partial charge in [0, 0.05) is 0 Å². The summed E-state index contributed by atoms with van der Waals surface area (Å²) >= 11 is 0. The summed E-state index contributed by atoms with van der Waals surface area (Å²) in [5, 5.41) is 9.78. The number of esters is 2. The molecule has 1 N–H and O–H groups in total. The molecule has 0 amide bonds.